The summed E-state index contributed by atoms with van der Waals surface area (Å²) in [5.41, 5.74) is 0. The first-order chi connectivity index (χ1) is 40.0. The van der Waals surface area contributed by atoms with E-state index in [0.29, 0.717) is 19.3 Å². The topological polar surface area (TPSA) is 78.9 Å². The van der Waals surface area contributed by atoms with Gasteiger partial charge in [-0.15, -0.1) is 0 Å². The Balaban J connectivity index is 4.22. The van der Waals surface area contributed by atoms with Gasteiger partial charge in [0.15, 0.2) is 6.10 Å². The molecule has 0 fully saturated rings. The van der Waals surface area contributed by atoms with Crippen molar-refractivity contribution in [3.8, 4) is 0 Å². The minimum absolute atomic E-state index is 0.0783. The van der Waals surface area contributed by atoms with Crippen LogP contribution in [0.5, 0.6) is 0 Å². The van der Waals surface area contributed by atoms with Crippen LogP contribution >= 0.6 is 0 Å². The predicted molar refractivity (Wildman–Crippen MR) is 353 cm³/mol. The van der Waals surface area contributed by atoms with Crippen LogP contribution in [-0.2, 0) is 28.6 Å². The average molecular weight is 1140 g/mol. The molecule has 1 atom stereocenters. The van der Waals surface area contributed by atoms with E-state index in [9.17, 15) is 14.4 Å². The lowest BCUT2D eigenvalue weighted by Crippen LogP contribution is -2.30. The van der Waals surface area contributed by atoms with Crippen molar-refractivity contribution in [3.05, 3.63) is 48.6 Å². The zero-order valence-corrected chi connectivity index (χ0v) is 54.6. The van der Waals surface area contributed by atoms with Crippen LogP contribution < -0.4 is 0 Å². The largest absolute Gasteiger partial charge is 0.462 e. The normalized spacial score (nSPS) is 12.3. The summed E-state index contributed by atoms with van der Waals surface area (Å²) < 4.78 is 17.0. The van der Waals surface area contributed by atoms with Crippen molar-refractivity contribution in [2.24, 2.45) is 0 Å². The molecule has 0 aromatic rings. The monoisotopic (exact) mass is 1140 g/mol. The van der Waals surface area contributed by atoms with Crippen molar-refractivity contribution in [1.29, 1.82) is 0 Å². The van der Waals surface area contributed by atoms with E-state index in [0.717, 1.165) is 83.5 Å². The molecule has 6 nitrogen and oxygen atoms in total. The second-order valence-corrected chi connectivity index (χ2v) is 24.5. The van der Waals surface area contributed by atoms with Gasteiger partial charge in [0.2, 0.25) is 0 Å². The Kier molecular flexibility index (Phi) is 67.6. The Labute approximate surface area is 505 Å². The van der Waals surface area contributed by atoms with Crippen LogP contribution in [0.2, 0.25) is 0 Å². The summed E-state index contributed by atoms with van der Waals surface area (Å²) in [7, 11) is 0. The van der Waals surface area contributed by atoms with E-state index in [1.807, 2.05) is 0 Å². The summed E-state index contributed by atoms with van der Waals surface area (Å²) in [5.74, 6) is -0.882. The SMILES string of the molecule is CC/C=C\C/C=C\C/C=C\CCCCCC(=O)OCC(COC(=O)CCCCCCCCCCCCCCC/C=C\CCCCCCCCCC)OC(=O)CCCCCCCCCCCCCCCCCCCCCCCCCCC. The van der Waals surface area contributed by atoms with Crippen LogP contribution in [0.3, 0.4) is 0 Å². The number of carbonyl (C=O) groups excluding carboxylic acids is 3. The van der Waals surface area contributed by atoms with Gasteiger partial charge in [-0.05, 0) is 77.0 Å². The first-order valence-corrected chi connectivity index (χ1v) is 36.1. The van der Waals surface area contributed by atoms with Crippen molar-refractivity contribution in [1.82, 2.24) is 0 Å². The van der Waals surface area contributed by atoms with Gasteiger partial charge in [-0.25, -0.2) is 0 Å². The van der Waals surface area contributed by atoms with E-state index in [4.69, 9.17) is 14.2 Å². The lowest BCUT2D eigenvalue weighted by molar-refractivity contribution is -0.167. The summed E-state index contributed by atoms with van der Waals surface area (Å²) >= 11 is 0. The van der Waals surface area contributed by atoms with Gasteiger partial charge < -0.3 is 14.2 Å². The molecule has 0 bridgehead atoms. The molecule has 6 heteroatoms. The molecule has 0 radical (unpaired) electrons. The van der Waals surface area contributed by atoms with Gasteiger partial charge in [-0.3, -0.25) is 14.4 Å². The standard InChI is InChI=1S/C75H138O6/c1-4-7-10-13-16-19-22-25-27-29-31-33-35-37-39-41-43-45-47-50-53-56-59-62-65-68-74(77)80-71-72(70-79-73(76)67-64-61-58-55-52-49-24-21-18-15-12-9-6-3)81-75(78)69-66-63-60-57-54-51-48-46-44-42-40-38-36-34-32-30-28-26-23-20-17-14-11-8-5-2/h9,12,18,21,29,31,49,52,72H,4-8,10-11,13-17,19-20,22-28,30,32-48,50-51,53-71H2,1-3H3/b12-9-,21-18-,31-29-,52-49-. The minimum atomic E-state index is -0.784. The van der Waals surface area contributed by atoms with E-state index < -0.39 is 6.10 Å². The highest BCUT2D eigenvalue weighted by atomic mass is 16.6. The van der Waals surface area contributed by atoms with E-state index in [1.54, 1.807) is 0 Å². The Morgan fingerprint density at radius 1 is 0.259 bits per heavy atom. The molecular formula is C75H138O6. The van der Waals surface area contributed by atoms with Crippen LogP contribution in [0.4, 0.5) is 0 Å². The molecule has 0 amide bonds. The van der Waals surface area contributed by atoms with Gasteiger partial charge in [0.1, 0.15) is 13.2 Å². The molecule has 0 rings (SSSR count). The maximum absolute atomic E-state index is 13.0. The van der Waals surface area contributed by atoms with Crippen LogP contribution in [0.1, 0.15) is 393 Å². The smallest absolute Gasteiger partial charge is 0.306 e. The quantitative estimate of drug-likeness (QED) is 0.0261. The first-order valence-electron chi connectivity index (χ1n) is 36.1. The van der Waals surface area contributed by atoms with E-state index in [1.165, 1.54) is 270 Å². The molecule has 0 aliphatic rings. The number of rotatable bonds is 67. The summed E-state index contributed by atoms with van der Waals surface area (Å²) in [4.78, 5) is 38.4. The van der Waals surface area contributed by atoms with Crippen molar-refractivity contribution >= 4 is 17.9 Å². The highest BCUT2D eigenvalue weighted by Gasteiger charge is 2.19. The number of hydrogen-bond donors (Lipinski definition) is 0. The Morgan fingerprint density at radius 3 is 0.778 bits per heavy atom. The third-order valence-electron chi connectivity index (χ3n) is 16.3. The third-order valence-corrected chi connectivity index (χ3v) is 16.3. The van der Waals surface area contributed by atoms with Gasteiger partial charge in [0.05, 0.1) is 0 Å². The molecular weight excluding hydrogens is 997 g/mol. The average Bonchev–Trinajstić information content (AvgIpc) is 3.46. The lowest BCUT2D eigenvalue weighted by Gasteiger charge is -2.18. The number of unbranched alkanes of at least 4 members (excludes halogenated alkanes) is 48. The molecule has 1 unspecified atom stereocenters. The lowest BCUT2D eigenvalue weighted by atomic mass is 10.0. The number of carbonyl (C=O) groups is 3. The van der Waals surface area contributed by atoms with E-state index >= 15 is 0 Å². The van der Waals surface area contributed by atoms with Gasteiger partial charge in [0, 0.05) is 19.3 Å². The molecule has 0 N–H and O–H groups in total. The maximum Gasteiger partial charge on any atom is 0.306 e. The number of allylic oxidation sites excluding steroid dienone is 8. The summed E-state index contributed by atoms with van der Waals surface area (Å²) in [6.07, 6.45) is 88.8. The Bertz CT molecular complexity index is 1400. The zero-order valence-electron chi connectivity index (χ0n) is 54.6. The molecule has 0 aromatic carbocycles. The molecule has 474 valence electrons. The first kappa shape index (κ1) is 78.4. The molecule has 0 aromatic heterocycles. The number of esters is 3. The minimum Gasteiger partial charge on any atom is -0.462 e. The molecule has 0 heterocycles. The van der Waals surface area contributed by atoms with Crippen LogP contribution in [-0.4, -0.2) is 37.2 Å². The summed E-state index contributed by atoms with van der Waals surface area (Å²) in [5, 5.41) is 0. The van der Waals surface area contributed by atoms with Gasteiger partial charge in [-0.1, -0.05) is 345 Å². The van der Waals surface area contributed by atoms with Crippen molar-refractivity contribution in [2.45, 2.75) is 399 Å². The van der Waals surface area contributed by atoms with Crippen molar-refractivity contribution < 1.29 is 28.6 Å². The number of ether oxygens (including phenoxy) is 3. The summed E-state index contributed by atoms with van der Waals surface area (Å²) in [6.45, 7) is 6.57. The van der Waals surface area contributed by atoms with Gasteiger partial charge >= 0.3 is 17.9 Å². The molecule has 0 aliphatic heterocycles. The fourth-order valence-corrected chi connectivity index (χ4v) is 10.9. The Hall–Kier alpha value is -2.63. The van der Waals surface area contributed by atoms with Crippen LogP contribution in [0.25, 0.3) is 0 Å². The molecule has 0 spiro atoms. The van der Waals surface area contributed by atoms with Crippen molar-refractivity contribution in [2.75, 3.05) is 13.2 Å². The van der Waals surface area contributed by atoms with E-state index in [2.05, 4.69) is 69.4 Å². The predicted octanol–water partition coefficient (Wildman–Crippen LogP) is 24.9. The van der Waals surface area contributed by atoms with Crippen LogP contribution in [0.15, 0.2) is 48.6 Å². The molecule has 0 aliphatic carbocycles. The highest BCUT2D eigenvalue weighted by Crippen LogP contribution is 2.19. The number of hydrogen-bond acceptors (Lipinski definition) is 6. The maximum atomic E-state index is 13.0. The van der Waals surface area contributed by atoms with Gasteiger partial charge in [-0.2, -0.15) is 0 Å². The van der Waals surface area contributed by atoms with Crippen molar-refractivity contribution in [3.63, 3.8) is 0 Å². The Morgan fingerprint density at radius 2 is 0.481 bits per heavy atom. The van der Waals surface area contributed by atoms with E-state index in [-0.39, 0.29) is 31.1 Å². The molecule has 0 saturated carbocycles. The summed E-state index contributed by atoms with van der Waals surface area (Å²) in [6, 6.07) is 0. The molecule has 81 heavy (non-hydrogen) atoms. The fourth-order valence-electron chi connectivity index (χ4n) is 10.9. The fraction of sp³-hybridized carbons (Fsp3) is 0.853. The van der Waals surface area contributed by atoms with Gasteiger partial charge in [0.25, 0.3) is 0 Å². The zero-order chi connectivity index (χ0) is 58.5. The van der Waals surface area contributed by atoms with Crippen LogP contribution in [0, 0.1) is 0 Å². The molecule has 0 saturated heterocycles. The third kappa shape index (κ3) is 68.0. The second kappa shape index (κ2) is 69.9. The highest BCUT2D eigenvalue weighted by molar-refractivity contribution is 5.71. The second-order valence-electron chi connectivity index (χ2n) is 24.5.